The summed E-state index contributed by atoms with van der Waals surface area (Å²) in [7, 11) is 0. The summed E-state index contributed by atoms with van der Waals surface area (Å²) in [4.78, 5) is 42.0. The van der Waals surface area contributed by atoms with E-state index in [-0.39, 0.29) is 30.0 Å². The molecule has 0 aromatic heterocycles. The molecule has 2 aromatic carbocycles. The topological polar surface area (TPSA) is 60.9 Å². The molecule has 0 radical (unpaired) electrons. The van der Waals surface area contributed by atoms with Gasteiger partial charge in [0, 0.05) is 45.2 Å². The van der Waals surface area contributed by atoms with Gasteiger partial charge in [0.05, 0.1) is 13.0 Å². The number of hydrogen-bond acceptors (Lipinski definition) is 3. The fourth-order valence-corrected chi connectivity index (χ4v) is 3.68. The number of amides is 3. The predicted molar refractivity (Wildman–Crippen MR) is 117 cm³/mol. The molecule has 0 atom stereocenters. The van der Waals surface area contributed by atoms with Gasteiger partial charge in [0.15, 0.2) is 0 Å². The third-order valence-corrected chi connectivity index (χ3v) is 5.51. The summed E-state index contributed by atoms with van der Waals surface area (Å²) >= 11 is 0. The van der Waals surface area contributed by atoms with E-state index >= 15 is 0 Å². The van der Waals surface area contributed by atoms with Crippen LogP contribution in [0.4, 0.5) is 10.1 Å². The minimum absolute atomic E-state index is 0.00672. The van der Waals surface area contributed by atoms with Crippen molar-refractivity contribution in [3.63, 3.8) is 0 Å². The Hall–Kier alpha value is -3.22. The number of piperazine rings is 1. The molecular weight excluding hydrogens is 397 g/mol. The molecule has 6 nitrogen and oxygen atoms in total. The highest BCUT2D eigenvalue weighted by atomic mass is 19.1. The molecule has 0 aliphatic carbocycles. The molecule has 3 rings (SSSR count). The van der Waals surface area contributed by atoms with Gasteiger partial charge < -0.3 is 14.7 Å². The van der Waals surface area contributed by atoms with Crippen LogP contribution in [0.2, 0.25) is 0 Å². The van der Waals surface area contributed by atoms with Gasteiger partial charge in [-0.05, 0) is 35.4 Å². The predicted octanol–water partition coefficient (Wildman–Crippen LogP) is 3.00. The molecule has 0 saturated carbocycles. The summed E-state index contributed by atoms with van der Waals surface area (Å²) in [5.41, 5.74) is 2.36. The Morgan fingerprint density at radius 2 is 1.58 bits per heavy atom. The van der Waals surface area contributed by atoms with E-state index in [2.05, 4.69) is 0 Å². The number of anilines is 1. The number of nitrogens with zero attached hydrogens (tertiary/aromatic N) is 3. The van der Waals surface area contributed by atoms with Crippen molar-refractivity contribution in [1.29, 1.82) is 0 Å². The summed E-state index contributed by atoms with van der Waals surface area (Å²) in [5.74, 6) is -0.330. The molecule has 0 bridgehead atoms. The first-order valence-electron chi connectivity index (χ1n) is 10.5. The van der Waals surface area contributed by atoms with Gasteiger partial charge in [-0.2, -0.15) is 0 Å². The summed E-state index contributed by atoms with van der Waals surface area (Å²) in [6.45, 7) is 5.84. The molecule has 0 unspecified atom stereocenters. The van der Waals surface area contributed by atoms with Crippen molar-refractivity contribution in [3.05, 3.63) is 65.5 Å². The molecule has 3 amide bonds. The SMILES string of the molecule is CCC(=O)N(Cc1ccc(F)cc1)c1cccc(CC(=O)N2CCN(C(C)=O)CC2)c1. The van der Waals surface area contributed by atoms with Crippen LogP contribution in [-0.2, 0) is 27.3 Å². The highest BCUT2D eigenvalue weighted by molar-refractivity contribution is 5.93. The standard InChI is InChI=1S/C24H28FN3O3/c1-3-23(30)28(17-19-7-9-21(25)10-8-19)22-6-4-5-20(15-22)16-24(31)27-13-11-26(12-14-27)18(2)29/h4-10,15H,3,11-14,16-17H2,1-2H3. The lowest BCUT2D eigenvalue weighted by molar-refractivity contribution is -0.138. The minimum Gasteiger partial charge on any atom is -0.339 e. The van der Waals surface area contributed by atoms with Crippen molar-refractivity contribution in [2.75, 3.05) is 31.1 Å². The quantitative estimate of drug-likeness (QED) is 0.715. The molecule has 7 heteroatoms. The van der Waals surface area contributed by atoms with E-state index in [4.69, 9.17) is 0 Å². The Kier molecular flexibility index (Phi) is 7.39. The van der Waals surface area contributed by atoms with Crippen LogP contribution < -0.4 is 4.90 Å². The van der Waals surface area contributed by atoms with Crippen molar-refractivity contribution in [2.45, 2.75) is 33.2 Å². The van der Waals surface area contributed by atoms with E-state index in [0.717, 1.165) is 11.1 Å². The van der Waals surface area contributed by atoms with Gasteiger partial charge in [-0.25, -0.2) is 4.39 Å². The van der Waals surface area contributed by atoms with Gasteiger partial charge in [0.25, 0.3) is 0 Å². The Bertz CT molecular complexity index is 937. The van der Waals surface area contributed by atoms with Gasteiger partial charge in [-0.15, -0.1) is 0 Å². The van der Waals surface area contributed by atoms with Gasteiger partial charge in [0.2, 0.25) is 17.7 Å². The molecule has 1 aliphatic rings. The zero-order valence-corrected chi connectivity index (χ0v) is 18.0. The molecule has 1 aliphatic heterocycles. The Balaban J connectivity index is 1.70. The fourth-order valence-electron chi connectivity index (χ4n) is 3.68. The first-order valence-corrected chi connectivity index (χ1v) is 10.5. The van der Waals surface area contributed by atoms with E-state index in [0.29, 0.717) is 44.8 Å². The normalized spacial score (nSPS) is 13.8. The minimum atomic E-state index is -0.318. The lowest BCUT2D eigenvalue weighted by Gasteiger charge is -2.34. The molecule has 0 spiro atoms. The van der Waals surface area contributed by atoms with Gasteiger partial charge in [0.1, 0.15) is 5.82 Å². The molecule has 1 saturated heterocycles. The summed E-state index contributed by atoms with van der Waals surface area (Å²) in [6.07, 6.45) is 0.573. The van der Waals surface area contributed by atoms with Crippen LogP contribution in [0.5, 0.6) is 0 Å². The second-order valence-corrected chi connectivity index (χ2v) is 7.69. The lowest BCUT2D eigenvalue weighted by atomic mass is 10.1. The van der Waals surface area contributed by atoms with Crippen LogP contribution in [0.3, 0.4) is 0 Å². The third-order valence-electron chi connectivity index (χ3n) is 5.51. The number of rotatable bonds is 6. The molecule has 164 valence electrons. The Morgan fingerprint density at radius 3 is 2.19 bits per heavy atom. The highest BCUT2D eigenvalue weighted by Gasteiger charge is 2.23. The summed E-state index contributed by atoms with van der Waals surface area (Å²) < 4.78 is 13.2. The summed E-state index contributed by atoms with van der Waals surface area (Å²) in [6, 6.07) is 13.5. The lowest BCUT2D eigenvalue weighted by Crippen LogP contribution is -2.50. The van der Waals surface area contributed by atoms with E-state index in [1.54, 1.807) is 33.8 Å². The van der Waals surface area contributed by atoms with Crippen LogP contribution in [-0.4, -0.2) is 53.7 Å². The average molecular weight is 426 g/mol. The number of carbonyl (C=O) groups is 3. The second-order valence-electron chi connectivity index (χ2n) is 7.69. The number of hydrogen-bond donors (Lipinski definition) is 0. The van der Waals surface area contributed by atoms with Gasteiger partial charge >= 0.3 is 0 Å². The molecule has 1 fully saturated rings. The summed E-state index contributed by atoms with van der Waals surface area (Å²) in [5, 5.41) is 0. The third kappa shape index (κ3) is 5.90. The van der Waals surface area contributed by atoms with Crippen molar-refractivity contribution >= 4 is 23.4 Å². The first kappa shape index (κ1) is 22.5. The molecule has 1 heterocycles. The zero-order chi connectivity index (χ0) is 22.4. The van der Waals surface area contributed by atoms with Crippen LogP contribution >= 0.6 is 0 Å². The highest BCUT2D eigenvalue weighted by Crippen LogP contribution is 2.21. The maximum absolute atomic E-state index is 13.2. The Morgan fingerprint density at radius 1 is 0.935 bits per heavy atom. The number of halogens is 1. The van der Waals surface area contributed by atoms with E-state index in [1.165, 1.54) is 19.1 Å². The van der Waals surface area contributed by atoms with Crippen molar-refractivity contribution in [3.8, 4) is 0 Å². The molecule has 0 N–H and O–H groups in total. The number of benzene rings is 2. The Labute approximate surface area is 182 Å². The van der Waals surface area contributed by atoms with Crippen LogP contribution in [0, 0.1) is 5.82 Å². The van der Waals surface area contributed by atoms with Gasteiger partial charge in [-0.3, -0.25) is 14.4 Å². The van der Waals surface area contributed by atoms with E-state index in [9.17, 15) is 18.8 Å². The van der Waals surface area contributed by atoms with E-state index < -0.39 is 0 Å². The zero-order valence-electron chi connectivity index (χ0n) is 18.0. The van der Waals surface area contributed by atoms with Crippen molar-refractivity contribution in [1.82, 2.24) is 9.80 Å². The van der Waals surface area contributed by atoms with Crippen LogP contribution in [0.15, 0.2) is 48.5 Å². The van der Waals surface area contributed by atoms with Crippen molar-refractivity contribution < 1.29 is 18.8 Å². The molecule has 2 aromatic rings. The first-order chi connectivity index (χ1) is 14.9. The van der Waals surface area contributed by atoms with Crippen LogP contribution in [0.1, 0.15) is 31.4 Å². The van der Waals surface area contributed by atoms with Gasteiger partial charge in [-0.1, -0.05) is 31.2 Å². The fraction of sp³-hybridized carbons (Fsp3) is 0.375. The van der Waals surface area contributed by atoms with Crippen LogP contribution in [0.25, 0.3) is 0 Å². The largest absolute Gasteiger partial charge is 0.339 e. The second kappa shape index (κ2) is 10.2. The maximum Gasteiger partial charge on any atom is 0.227 e. The van der Waals surface area contributed by atoms with Crippen molar-refractivity contribution in [2.24, 2.45) is 0 Å². The number of carbonyl (C=O) groups excluding carboxylic acids is 3. The maximum atomic E-state index is 13.2. The van der Waals surface area contributed by atoms with E-state index in [1.807, 2.05) is 24.3 Å². The molecule has 31 heavy (non-hydrogen) atoms. The molecular formula is C24H28FN3O3. The average Bonchev–Trinajstić information content (AvgIpc) is 2.78. The monoisotopic (exact) mass is 425 g/mol. The smallest absolute Gasteiger partial charge is 0.227 e.